The van der Waals surface area contributed by atoms with Crippen LogP contribution in [0.3, 0.4) is 0 Å². The van der Waals surface area contributed by atoms with Crippen molar-refractivity contribution in [2.75, 3.05) is 25.0 Å². The molecule has 4 rings (SSSR count). The number of likely N-dealkylation sites (N-methyl/N-ethyl adjacent to an activating group) is 1. The predicted molar refractivity (Wildman–Crippen MR) is 120 cm³/mol. The molecule has 160 valence electrons. The summed E-state index contributed by atoms with van der Waals surface area (Å²) >= 11 is 6.35. The van der Waals surface area contributed by atoms with Crippen molar-refractivity contribution in [3.63, 3.8) is 0 Å². The van der Waals surface area contributed by atoms with Gasteiger partial charge in [-0.1, -0.05) is 18.5 Å². The molecule has 0 saturated heterocycles. The van der Waals surface area contributed by atoms with E-state index >= 15 is 0 Å². The van der Waals surface area contributed by atoms with Gasteiger partial charge in [0, 0.05) is 41.3 Å². The van der Waals surface area contributed by atoms with Crippen molar-refractivity contribution in [3.8, 4) is 11.4 Å². The first-order valence-corrected chi connectivity index (χ1v) is 10.7. The van der Waals surface area contributed by atoms with Crippen molar-refractivity contribution < 1.29 is 4.79 Å². The lowest BCUT2D eigenvalue weighted by Crippen LogP contribution is -2.37. The van der Waals surface area contributed by atoms with Crippen LogP contribution in [-0.4, -0.2) is 50.4 Å². The molecular formula is C22H24ClN7O. The second kappa shape index (κ2) is 9.80. The molecule has 3 aromatic rings. The van der Waals surface area contributed by atoms with Crippen LogP contribution in [0.15, 0.2) is 42.9 Å². The van der Waals surface area contributed by atoms with Gasteiger partial charge < -0.3 is 10.6 Å². The van der Waals surface area contributed by atoms with E-state index in [1.165, 1.54) is 6.33 Å². The highest BCUT2D eigenvalue weighted by molar-refractivity contribution is 6.30. The van der Waals surface area contributed by atoms with E-state index in [2.05, 4.69) is 35.5 Å². The van der Waals surface area contributed by atoms with Crippen LogP contribution in [0.5, 0.6) is 0 Å². The number of benzene rings is 1. The summed E-state index contributed by atoms with van der Waals surface area (Å²) in [6.07, 6.45) is 4.80. The number of anilines is 2. The highest BCUT2D eigenvalue weighted by Gasteiger charge is 2.12. The number of hydrogen-bond donors (Lipinski definition) is 2. The second-order valence-corrected chi connectivity index (χ2v) is 7.83. The van der Waals surface area contributed by atoms with Gasteiger partial charge in [0.15, 0.2) is 5.82 Å². The normalized spacial score (nSPS) is 15.4. The van der Waals surface area contributed by atoms with Gasteiger partial charge in [-0.05, 0) is 55.3 Å². The maximum atomic E-state index is 12.4. The van der Waals surface area contributed by atoms with Crippen LogP contribution in [0, 0.1) is 0 Å². The Morgan fingerprint density at radius 1 is 1.13 bits per heavy atom. The van der Waals surface area contributed by atoms with Crippen LogP contribution < -0.4 is 10.6 Å². The van der Waals surface area contributed by atoms with Gasteiger partial charge in [0.25, 0.3) is 0 Å². The van der Waals surface area contributed by atoms with Crippen LogP contribution in [0.1, 0.15) is 24.6 Å². The highest BCUT2D eigenvalue weighted by Crippen LogP contribution is 2.23. The Morgan fingerprint density at radius 2 is 2.03 bits per heavy atom. The molecule has 1 aromatic carbocycles. The standard InChI is InChI=1S/C22H24ClN7O/c1-2-30-12-15-8-17(23)11-19(9-15)28-22-27-14-26-21(29-22)16-5-7-24-18(10-16)4-3-6-25-20(31)13-30/h5,7-11,14H,2-4,6,12-13H2,1H3,(H,25,31)(H,26,27,28,29). The minimum atomic E-state index is 0.0117. The van der Waals surface area contributed by atoms with Crippen LogP contribution >= 0.6 is 11.6 Å². The molecule has 2 N–H and O–H groups in total. The number of aromatic nitrogens is 4. The average molecular weight is 438 g/mol. The second-order valence-electron chi connectivity index (χ2n) is 7.40. The molecular weight excluding hydrogens is 414 g/mol. The first kappa shape index (κ1) is 21.1. The molecule has 1 aliphatic rings. The first-order valence-electron chi connectivity index (χ1n) is 10.3. The summed E-state index contributed by atoms with van der Waals surface area (Å²) in [6.45, 7) is 4.32. The number of nitrogens with zero attached hydrogens (tertiary/aromatic N) is 5. The van der Waals surface area contributed by atoms with Crippen molar-refractivity contribution >= 4 is 29.1 Å². The number of rotatable bonds is 1. The van der Waals surface area contributed by atoms with Crippen molar-refractivity contribution in [1.82, 2.24) is 30.2 Å². The summed E-state index contributed by atoms with van der Waals surface area (Å²) in [5.41, 5.74) is 3.57. The van der Waals surface area contributed by atoms with E-state index < -0.39 is 0 Å². The topological polar surface area (TPSA) is 95.9 Å². The fourth-order valence-electron chi connectivity index (χ4n) is 3.49. The van der Waals surface area contributed by atoms with E-state index in [1.807, 2.05) is 37.3 Å². The van der Waals surface area contributed by atoms with Crippen molar-refractivity contribution in [3.05, 3.63) is 59.1 Å². The zero-order chi connectivity index (χ0) is 21.6. The van der Waals surface area contributed by atoms with Gasteiger partial charge in [-0.2, -0.15) is 4.98 Å². The van der Waals surface area contributed by atoms with E-state index in [0.29, 0.717) is 36.4 Å². The molecule has 9 heteroatoms. The fourth-order valence-corrected chi connectivity index (χ4v) is 3.74. The molecule has 0 spiro atoms. The number of aryl methyl sites for hydroxylation is 1. The summed E-state index contributed by atoms with van der Waals surface area (Å²) in [4.78, 5) is 32.0. The molecule has 0 atom stereocenters. The van der Waals surface area contributed by atoms with E-state index in [1.54, 1.807) is 6.20 Å². The highest BCUT2D eigenvalue weighted by atomic mass is 35.5. The smallest absolute Gasteiger partial charge is 0.234 e. The number of carbonyl (C=O) groups excluding carboxylic acids is 1. The molecule has 1 amide bonds. The Hall–Kier alpha value is -3.10. The summed E-state index contributed by atoms with van der Waals surface area (Å²) in [6, 6.07) is 9.56. The molecule has 1 aliphatic heterocycles. The van der Waals surface area contributed by atoms with Crippen molar-refractivity contribution in [2.24, 2.45) is 0 Å². The molecule has 0 fully saturated rings. The van der Waals surface area contributed by atoms with Gasteiger partial charge in [-0.3, -0.25) is 14.7 Å². The lowest BCUT2D eigenvalue weighted by atomic mass is 10.1. The SMILES string of the molecule is CCN1CC(=O)NCCCc2cc(ccn2)-c2ncnc(n2)Nc2cc(Cl)cc(c2)C1. The largest absolute Gasteiger partial charge is 0.355 e. The quantitative estimate of drug-likeness (QED) is 0.603. The minimum Gasteiger partial charge on any atom is -0.355 e. The third-order valence-electron chi connectivity index (χ3n) is 5.01. The molecule has 31 heavy (non-hydrogen) atoms. The monoisotopic (exact) mass is 437 g/mol. The molecule has 0 radical (unpaired) electrons. The van der Waals surface area contributed by atoms with Crippen molar-refractivity contribution in [2.45, 2.75) is 26.3 Å². The predicted octanol–water partition coefficient (Wildman–Crippen LogP) is 3.21. The molecule has 3 heterocycles. The van der Waals surface area contributed by atoms with E-state index in [9.17, 15) is 4.79 Å². The van der Waals surface area contributed by atoms with Crippen LogP contribution in [0.2, 0.25) is 5.02 Å². The Balaban J connectivity index is 1.69. The number of nitrogens with one attached hydrogen (secondary N) is 2. The van der Waals surface area contributed by atoms with E-state index in [4.69, 9.17) is 11.6 Å². The lowest BCUT2D eigenvalue weighted by molar-refractivity contribution is -0.122. The summed E-state index contributed by atoms with van der Waals surface area (Å²) in [5, 5.41) is 6.82. The maximum Gasteiger partial charge on any atom is 0.234 e. The summed E-state index contributed by atoms with van der Waals surface area (Å²) in [5.74, 6) is 1.01. The molecule has 0 aliphatic carbocycles. The Morgan fingerprint density at radius 3 is 2.90 bits per heavy atom. The van der Waals surface area contributed by atoms with Crippen LogP contribution in [-0.2, 0) is 17.8 Å². The van der Waals surface area contributed by atoms with Gasteiger partial charge >= 0.3 is 0 Å². The number of fused-ring (bicyclic) bond motifs is 7. The number of pyridine rings is 1. The molecule has 0 unspecified atom stereocenters. The zero-order valence-corrected chi connectivity index (χ0v) is 18.1. The Labute approximate surface area is 186 Å². The minimum absolute atomic E-state index is 0.0117. The molecule has 6 bridgehead atoms. The van der Waals surface area contributed by atoms with Gasteiger partial charge in [0.1, 0.15) is 6.33 Å². The maximum absolute atomic E-state index is 12.4. The summed E-state index contributed by atoms with van der Waals surface area (Å²) < 4.78 is 0. The summed E-state index contributed by atoms with van der Waals surface area (Å²) in [7, 11) is 0. The fraction of sp³-hybridized carbons (Fsp3) is 0.318. The zero-order valence-electron chi connectivity index (χ0n) is 17.3. The van der Waals surface area contributed by atoms with E-state index in [0.717, 1.165) is 41.9 Å². The first-order chi connectivity index (χ1) is 15.1. The Bertz CT molecular complexity index is 1080. The van der Waals surface area contributed by atoms with E-state index in [-0.39, 0.29) is 5.91 Å². The van der Waals surface area contributed by atoms with Crippen molar-refractivity contribution in [1.29, 1.82) is 0 Å². The molecule has 2 aromatic heterocycles. The Kier molecular flexibility index (Phi) is 6.69. The third-order valence-corrected chi connectivity index (χ3v) is 5.23. The number of hydrogen-bond acceptors (Lipinski definition) is 7. The molecule has 8 nitrogen and oxygen atoms in total. The van der Waals surface area contributed by atoms with Crippen LogP contribution in [0.25, 0.3) is 11.4 Å². The number of halogens is 1. The van der Waals surface area contributed by atoms with Gasteiger partial charge in [0.2, 0.25) is 11.9 Å². The van der Waals surface area contributed by atoms with Crippen LogP contribution in [0.4, 0.5) is 11.6 Å². The van der Waals surface area contributed by atoms with Gasteiger partial charge in [0.05, 0.1) is 6.54 Å². The number of carbonyl (C=O) groups is 1. The third kappa shape index (κ3) is 5.74. The number of amides is 1. The molecule has 0 saturated carbocycles. The lowest BCUT2D eigenvalue weighted by Gasteiger charge is -2.20. The van der Waals surface area contributed by atoms with Gasteiger partial charge in [-0.15, -0.1) is 0 Å². The average Bonchev–Trinajstić information content (AvgIpc) is 2.76. The van der Waals surface area contributed by atoms with Gasteiger partial charge in [-0.25, -0.2) is 9.97 Å².